The van der Waals surface area contributed by atoms with Crippen LogP contribution in [-0.2, 0) is 6.42 Å². The Bertz CT molecular complexity index is 552. The Kier molecular flexibility index (Phi) is 4.44. The van der Waals surface area contributed by atoms with E-state index in [1.54, 1.807) is 6.33 Å². The summed E-state index contributed by atoms with van der Waals surface area (Å²) in [7, 11) is 0. The maximum absolute atomic E-state index is 4.44. The van der Waals surface area contributed by atoms with Gasteiger partial charge in [0.15, 0.2) is 0 Å². The Balaban J connectivity index is 2.45. The summed E-state index contributed by atoms with van der Waals surface area (Å²) in [5, 5.41) is 3.37. The number of hydrogen-bond donors (Lipinski definition) is 1. The first-order chi connectivity index (χ1) is 9.26. The minimum absolute atomic E-state index is 0.899. The molecule has 2 aromatic heterocycles. The van der Waals surface area contributed by atoms with Crippen LogP contribution in [0.15, 0.2) is 24.8 Å². The Hall–Kier alpha value is -1.97. The number of nitrogens with zero attached hydrogens (tertiary/aromatic N) is 3. The van der Waals surface area contributed by atoms with E-state index in [9.17, 15) is 0 Å². The summed E-state index contributed by atoms with van der Waals surface area (Å²) in [5.74, 6) is 0.941. The normalized spacial score (nSPS) is 10.5. The predicted molar refractivity (Wildman–Crippen MR) is 78.2 cm³/mol. The van der Waals surface area contributed by atoms with Gasteiger partial charge in [0, 0.05) is 30.1 Å². The lowest BCUT2D eigenvalue weighted by Gasteiger charge is -2.13. The highest BCUT2D eigenvalue weighted by Gasteiger charge is 2.11. The van der Waals surface area contributed by atoms with Crippen LogP contribution in [0.5, 0.6) is 0 Å². The first kappa shape index (κ1) is 13.5. The zero-order valence-corrected chi connectivity index (χ0v) is 11.8. The highest BCUT2D eigenvalue weighted by molar-refractivity contribution is 5.68. The summed E-state index contributed by atoms with van der Waals surface area (Å²) >= 11 is 0. The smallest absolute Gasteiger partial charge is 0.133 e. The minimum atomic E-state index is 0.899. The summed E-state index contributed by atoms with van der Waals surface area (Å²) in [4.78, 5) is 13.0. The predicted octanol–water partition coefficient (Wildman–Crippen LogP) is 3.23. The Morgan fingerprint density at radius 2 is 2.00 bits per heavy atom. The minimum Gasteiger partial charge on any atom is -0.370 e. The summed E-state index contributed by atoms with van der Waals surface area (Å²) in [6.07, 6.45) is 7.31. The second-order valence-corrected chi connectivity index (χ2v) is 4.58. The van der Waals surface area contributed by atoms with Gasteiger partial charge in [0.05, 0.1) is 5.69 Å². The lowest BCUT2D eigenvalue weighted by molar-refractivity contribution is 0.949. The van der Waals surface area contributed by atoms with Gasteiger partial charge in [0.1, 0.15) is 12.1 Å². The van der Waals surface area contributed by atoms with Crippen LogP contribution in [0.4, 0.5) is 5.82 Å². The molecule has 2 rings (SSSR count). The molecule has 2 heterocycles. The van der Waals surface area contributed by atoms with Crippen molar-refractivity contribution >= 4 is 5.82 Å². The fourth-order valence-corrected chi connectivity index (χ4v) is 2.08. The average Bonchev–Trinajstić information content (AvgIpc) is 2.44. The van der Waals surface area contributed by atoms with E-state index in [1.165, 1.54) is 0 Å². The van der Waals surface area contributed by atoms with Gasteiger partial charge in [0.2, 0.25) is 0 Å². The highest BCUT2D eigenvalue weighted by Crippen LogP contribution is 2.26. The fourth-order valence-electron chi connectivity index (χ4n) is 2.08. The number of nitrogens with one attached hydrogen (secondary N) is 1. The number of pyridine rings is 1. The Morgan fingerprint density at radius 1 is 1.16 bits per heavy atom. The molecule has 1 N–H and O–H groups in total. The van der Waals surface area contributed by atoms with Crippen molar-refractivity contribution < 1.29 is 0 Å². The SMILES string of the molecule is CCCNc1ncnc(-c2cncc(C)c2)c1CC. The van der Waals surface area contributed by atoms with Crippen molar-refractivity contribution in [2.24, 2.45) is 0 Å². The van der Waals surface area contributed by atoms with E-state index in [1.807, 2.05) is 19.3 Å². The second kappa shape index (κ2) is 6.27. The largest absolute Gasteiger partial charge is 0.370 e. The number of hydrogen-bond acceptors (Lipinski definition) is 4. The molecule has 0 fully saturated rings. The quantitative estimate of drug-likeness (QED) is 0.892. The number of aromatic nitrogens is 3. The van der Waals surface area contributed by atoms with Gasteiger partial charge in [-0.25, -0.2) is 9.97 Å². The maximum atomic E-state index is 4.44. The molecule has 0 aliphatic rings. The van der Waals surface area contributed by atoms with E-state index in [4.69, 9.17) is 0 Å². The second-order valence-electron chi connectivity index (χ2n) is 4.58. The molecule has 0 saturated heterocycles. The number of rotatable bonds is 5. The van der Waals surface area contributed by atoms with E-state index >= 15 is 0 Å². The van der Waals surface area contributed by atoms with Gasteiger partial charge in [-0.3, -0.25) is 4.98 Å². The first-order valence-electron chi connectivity index (χ1n) is 6.76. The Labute approximate surface area is 114 Å². The molecule has 0 unspecified atom stereocenters. The van der Waals surface area contributed by atoms with Crippen molar-refractivity contribution in [3.05, 3.63) is 35.9 Å². The third-order valence-electron chi connectivity index (χ3n) is 2.99. The van der Waals surface area contributed by atoms with Crippen molar-refractivity contribution in [1.82, 2.24) is 15.0 Å². The number of anilines is 1. The van der Waals surface area contributed by atoms with Gasteiger partial charge < -0.3 is 5.32 Å². The maximum Gasteiger partial charge on any atom is 0.133 e. The molecule has 0 spiro atoms. The monoisotopic (exact) mass is 256 g/mol. The average molecular weight is 256 g/mol. The summed E-state index contributed by atoms with van der Waals surface area (Å²) in [6.45, 7) is 7.24. The standard InChI is InChI=1S/C15H20N4/c1-4-6-17-15-13(5-2)14(18-10-19-15)12-7-11(3)8-16-9-12/h7-10H,4-6H2,1-3H3,(H,17,18,19). The molecule has 0 atom stereocenters. The first-order valence-corrected chi connectivity index (χ1v) is 6.76. The molecule has 0 amide bonds. The van der Waals surface area contributed by atoms with E-state index in [0.29, 0.717) is 0 Å². The van der Waals surface area contributed by atoms with Gasteiger partial charge in [0.25, 0.3) is 0 Å². The Morgan fingerprint density at radius 3 is 2.68 bits per heavy atom. The molecule has 0 aromatic carbocycles. The molecule has 4 heteroatoms. The van der Waals surface area contributed by atoms with Gasteiger partial charge in [-0.2, -0.15) is 0 Å². The van der Waals surface area contributed by atoms with E-state index in [2.05, 4.69) is 40.2 Å². The lowest BCUT2D eigenvalue weighted by Crippen LogP contribution is -2.07. The summed E-state index contributed by atoms with van der Waals surface area (Å²) < 4.78 is 0. The highest BCUT2D eigenvalue weighted by atomic mass is 15.0. The van der Waals surface area contributed by atoms with Gasteiger partial charge in [-0.1, -0.05) is 13.8 Å². The third-order valence-corrected chi connectivity index (χ3v) is 2.99. The van der Waals surface area contributed by atoms with Crippen LogP contribution in [0.2, 0.25) is 0 Å². The lowest BCUT2D eigenvalue weighted by atomic mass is 10.0. The molecule has 0 saturated carbocycles. The molecule has 0 aliphatic heterocycles. The van der Waals surface area contributed by atoms with Crippen molar-refractivity contribution in [1.29, 1.82) is 0 Å². The molecule has 4 nitrogen and oxygen atoms in total. The molecular formula is C15H20N4. The third kappa shape index (κ3) is 3.08. The molecular weight excluding hydrogens is 236 g/mol. The van der Waals surface area contributed by atoms with E-state index < -0.39 is 0 Å². The molecule has 2 aromatic rings. The van der Waals surface area contributed by atoms with Crippen LogP contribution in [0.25, 0.3) is 11.3 Å². The van der Waals surface area contributed by atoms with Crippen LogP contribution in [0.3, 0.4) is 0 Å². The van der Waals surface area contributed by atoms with Crippen molar-refractivity contribution in [3.8, 4) is 11.3 Å². The summed E-state index contributed by atoms with van der Waals surface area (Å²) in [5.41, 5.74) is 4.33. The molecule has 0 aliphatic carbocycles. The van der Waals surface area contributed by atoms with Crippen molar-refractivity contribution in [2.75, 3.05) is 11.9 Å². The molecule has 19 heavy (non-hydrogen) atoms. The fraction of sp³-hybridized carbons (Fsp3) is 0.400. The molecule has 0 bridgehead atoms. The van der Waals surface area contributed by atoms with E-state index in [0.717, 1.165) is 47.6 Å². The van der Waals surface area contributed by atoms with Crippen molar-refractivity contribution in [3.63, 3.8) is 0 Å². The molecule has 0 radical (unpaired) electrons. The zero-order valence-electron chi connectivity index (χ0n) is 11.8. The van der Waals surface area contributed by atoms with Crippen LogP contribution in [0.1, 0.15) is 31.4 Å². The van der Waals surface area contributed by atoms with Crippen LogP contribution in [0, 0.1) is 6.92 Å². The van der Waals surface area contributed by atoms with Gasteiger partial charge in [-0.05, 0) is 31.4 Å². The van der Waals surface area contributed by atoms with Crippen LogP contribution >= 0.6 is 0 Å². The topological polar surface area (TPSA) is 50.7 Å². The number of aryl methyl sites for hydroxylation is 1. The van der Waals surface area contributed by atoms with Gasteiger partial charge >= 0.3 is 0 Å². The van der Waals surface area contributed by atoms with Crippen molar-refractivity contribution in [2.45, 2.75) is 33.6 Å². The molecule has 100 valence electrons. The zero-order chi connectivity index (χ0) is 13.7. The van der Waals surface area contributed by atoms with E-state index in [-0.39, 0.29) is 0 Å². The van der Waals surface area contributed by atoms with Gasteiger partial charge in [-0.15, -0.1) is 0 Å². The van der Waals surface area contributed by atoms with Crippen LogP contribution < -0.4 is 5.32 Å². The van der Waals surface area contributed by atoms with Crippen LogP contribution in [-0.4, -0.2) is 21.5 Å². The summed E-state index contributed by atoms with van der Waals surface area (Å²) in [6, 6.07) is 2.11.